The summed E-state index contributed by atoms with van der Waals surface area (Å²) in [7, 11) is 1.25. The molecule has 8 heteroatoms. The molecule has 0 aliphatic heterocycles. The molecule has 94 valence electrons. The Morgan fingerprint density at radius 2 is 2.06 bits per heavy atom. The smallest absolute Gasteiger partial charge is 0.471 e. The molecular weight excluding hydrogens is 326 g/mol. The molecule has 0 unspecified atom stereocenters. The SMILES string of the molecule is COc1cc(Cl)cc(Br)c1NC(=O)C(F)(F)F. The minimum Gasteiger partial charge on any atom is -0.494 e. The second-order valence-corrected chi connectivity index (χ2v) is 4.21. The minimum absolute atomic E-state index is 0.0296. The highest BCUT2D eigenvalue weighted by Crippen LogP contribution is 2.36. The molecule has 1 amide bonds. The van der Waals surface area contributed by atoms with Gasteiger partial charge in [-0.2, -0.15) is 13.2 Å². The number of hydrogen-bond acceptors (Lipinski definition) is 2. The number of carbonyl (C=O) groups is 1. The number of benzene rings is 1. The van der Waals surface area contributed by atoms with E-state index in [9.17, 15) is 18.0 Å². The lowest BCUT2D eigenvalue weighted by molar-refractivity contribution is -0.167. The highest BCUT2D eigenvalue weighted by atomic mass is 79.9. The van der Waals surface area contributed by atoms with Crippen LogP contribution in [-0.4, -0.2) is 19.2 Å². The maximum atomic E-state index is 12.1. The highest BCUT2D eigenvalue weighted by Gasteiger charge is 2.39. The van der Waals surface area contributed by atoms with Crippen LogP contribution in [0.1, 0.15) is 0 Å². The fourth-order valence-corrected chi connectivity index (χ4v) is 1.90. The number of methoxy groups -OCH3 is 1. The predicted molar refractivity (Wildman–Crippen MR) is 60.4 cm³/mol. The van der Waals surface area contributed by atoms with Crippen LogP contribution in [0.5, 0.6) is 5.75 Å². The topological polar surface area (TPSA) is 38.3 Å². The van der Waals surface area contributed by atoms with Gasteiger partial charge in [-0.15, -0.1) is 0 Å². The molecule has 1 aromatic carbocycles. The number of anilines is 1. The van der Waals surface area contributed by atoms with E-state index in [1.54, 1.807) is 5.32 Å². The zero-order valence-corrected chi connectivity index (χ0v) is 10.7. The first-order valence-corrected chi connectivity index (χ1v) is 5.34. The summed E-state index contributed by atoms with van der Waals surface area (Å²) in [6.45, 7) is 0. The lowest BCUT2D eigenvalue weighted by Crippen LogP contribution is -2.30. The minimum atomic E-state index is -4.97. The van der Waals surface area contributed by atoms with E-state index in [0.717, 1.165) is 0 Å². The summed E-state index contributed by atoms with van der Waals surface area (Å²) in [5.74, 6) is -2.05. The zero-order chi connectivity index (χ0) is 13.2. The van der Waals surface area contributed by atoms with Crippen LogP contribution in [0.25, 0.3) is 0 Å². The molecule has 1 rings (SSSR count). The van der Waals surface area contributed by atoms with Crippen molar-refractivity contribution in [2.75, 3.05) is 12.4 Å². The molecule has 17 heavy (non-hydrogen) atoms. The third-order valence-corrected chi connectivity index (χ3v) is 2.58. The Balaban J connectivity index is 3.10. The van der Waals surface area contributed by atoms with Crippen molar-refractivity contribution in [2.45, 2.75) is 6.18 Å². The fourth-order valence-electron chi connectivity index (χ4n) is 1.02. The largest absolute Gasteiger partial charge is 0.494 e. The molecule has 0 radical (unpaired) electrons. The molecule has 3 nitrogen and oxygen atoms in total. The van der Waals surface area contributed by atoms with Gasteiger partial charge in [-0.05, 0) is 22.0 Å². The summed E-state index contributed by atoms with van der Waals surface area (Å²) in [6.07, 6.45) is -4.97. The molecule has 0 bridgehead atoms. The summed E-state index contributed by atoms with van der Waals surface area (Å²) in [5.41, 5.74) is -0.126. The Morgan fingerprint density at radius 3 is 2.53 bits per heavy atom. The van der Waals surface area contributed by atoms with Crippen molar-refractivity contribution in [2.24, 2.45) is 0 Å². The fraction of sp³-hybridized carbons (Fsp3) is 0.222. The molecule has 0 saturated carbocycles. The van der Waals surface area contributed by atoms with Crippen molar-refractivity contribution in [1.29, 1.82) is 0 Å². The monoisotopic (exact) mass is 331 g/mol. The molecule has 0 aliphatic rings. The molecule has 1 N–H and O–H groups in total. The molecule has 0 fully saturated rings. The first-order chi connectivity index (χ1) is 7.75. The summed E-state index contributed by atoms with van der Waals surface area (Å²) >= 11 is 8.67. The lowest BCUT2D eigenvalue weighted by atomic mass is 10.3. The molecular formula is C9H6BrClF3NO2. The van der Waals surface area contributed by atoms with E-state index < -0.39 is 12.1 Å². The third kappa shape index (κ3) is 3.50. The van der Waals surface area contributed by atoms with E-state index in [0.29, 0.717) is 0 Å². The van der Waals surface area contributed by atoms with Crippen LogP contribution in [0.4, 0.5) is 18.9 Å². The van der Waals surface area contributed by atoms with Gasteiger partial charge in [0.1, 0.15) is 5.75 Å². The van der Waals surface area contributed by atoms with Crippen LogP contribution < -0.4 is 10.1 Å². The Hall–Kier alpha value is -0.950. The Labute approximate surface area is 108 Å². The molecule has 0 aromatic heterocycles. The van der Waals surface area contributed by atoms with Crippen molar-refractivity contribution in [3.63, 3.8) is 0 Å². The first kappa shape index (κ1) is 14.1. The number of ether oxygens (including phenoxy) is 1. The van der Waals surface area contributed by atoms with E-state index in [1.807, 2.05) is 0 Å². The van der Waals surface area contributed by atoms with Crippen LogP contribution in [0, 0.1) is 0 Å². The van der Waals surface area contributed by atoms with Crippen LogP contribution in [0.2, 0.25) is 5.02 Å². The summed E-state index contributed by atoms with van der Waals surface area (Å²) in [5, 5.41) is 1.97. The summed E-state index contributed by atoms with van der Waals surface area (Å²) in [4.78, 5) is 10.8. The van der Waals surface area contributed by atoms with Crippen LogP contribution in [0.15, 0.2) is 16.6 Å². The van der Waals surface area contributed by atoms with Gasteiger partial charge < -0.3 is 10.1 Å². The van der Waals surface area contributed by atoms with E-state index in [4.69, 9.17) is 16.3 Å². The second-order valence-electron chi connectivity index (χ2n) is 2.92. The second kappa shape index (κ2) is 5.14. The quantitative estimate of drug-likeness (QED) is 0.898. The lowest BCUT2D eigenvalue weighted by Gasteiger charge is -2.13. The molecule has 1 aromatic rings. The zero-order valence-electron chi connectivity index (χ0n) is 8.36. The van der Waals surface area contributed by atoms with Crippen LogP contribution >= 0.6 is 27.5 Å². The van der Waals surface area contributed by atoms with Gasteiger partial charge in [0.15, 0.2) is 0 Å². The van der Waals surface area contributed by atoms with Gasteiger partial charge in [0, 0.05) is 15.6 Å². The van der Waals surface area contributed by atoms with E-state index in [2.05, 4.69) is 15.9 Å². The average molecular weight is 333 g/mol. The molecule has 0 atom stereocenters. The van der Waals surface area contributed by atoms with Gasteiger partial charge in [0.2, 0.25) is 0 Å². The maximum Gasteiger partial charge on any atom is 0.471 e. The van der Waals surface area contributed by atoms with E-state index in [1.165, 1.54) is 19.2 Å². The first-order valence-electron chi connectivity index (χ1n) is 4.17. The molecule has 0 saturated heterocycles. The van der Waals surface area contributed by atoms with Gasteiger partial charge in [0.25, 0.3) is 0 Å². The maximum absolute atomic E-state index is 12.1. The van der Waals surface area contributed by atoms with Gasteiger partial charge in [-0.25, -0.2) is 0 Å². The van der Waals surface area contributed by atoms with Crippen LogP contribution in [-0.2, 0) is 4.79 Å². The Kier molecular flexibility index (Phi) is 4.26. The van der Waals surface area contributed by atoms with Crippen molar-refractivity contribution in [3.05, 3.63) is 21.6 Å². The Morgan fingerprint density at radius 1 is 1.47 bits per heavy atom. The van der Waals surface area contributed by atoms with Gasteiger partial charge >= 0.3 is 12.1 Å². The van der Waals surface area contributed by atoms with Crippen molar-refractivity contribution >= 4 is 39.1 Å². The number of nitrogens with one attached hydrogen (secondary N) is 1. The summed E-state index contributed by atoms with van der Waals surface area (Å²) in [6, 6.07) is 2.63. The van der Waals surface area contributed by atoms with Gasteiger partial charge in [0.05, 0.1) is 12.8 Å². The molecule has 0 aliphatic carbocycles. The molecule has 0 spiro atoms. The van der Waals surface area contributed by atoms with E-state index in [-0.39, 0.29) is 20.9 Å². The highest BCUT2D eigenvalue weighted by molar-refractivity contribution is 9.10. The van der Waals surface area contributed by atoms with Gasteiger partial charge in [-0.3, -0.25) is 4.79 Å². The van der Waals surface area contributed by atoms with Crippen molar-refractivity contribution in [3.8, 4) is 5.75 Å². The normalized spacial score (nSPS) is 11.2. The summed E-state index contributed by atoms with van der Waals surface area (Å²) < 4.78 is 41.3. The number of halogens is 5. The third-order valence-electron chi connectivity index (χ3n) is 1.73. The average Bonchev–Trinajstić information content (AvgIpc) is 2.19. The van der Waals surface area contributed by atoms with Crippen molar-refractivity contribution in [1.82, 2.24) is 0 Å². The van der Waals surface area contributed by atoms with E-state index >= 15 is 0 Å². The predicted octanol–water partition coefficient (Wildman–Crippen LogP) is 3.61. The number of alkyl halides is 3. The Bertz CT molecular complexity index is 451. The standard InChI is InChI=1S/C9H6BrClF3NO2/c1-17-6-3-4(11)2-5(10)7(6)15-8(16)9(12,13)14/h2-3H,1H3,(H,15,16). The number of rotatable bonds is 2. The van der Waals surface area contributed by atoms with Crippen molar-refractivity contribution < 1.29 is 22.7 Å². The molecule has 0 heterocycles. The van der Waals surface area contributed by atoms with Gasteiger partial charge in [-0.1, -0.05) is 11.6 Å². The number of amides is 1. The number of hydrogen-bond donors (Lipinski definition) is 1. The number of carbonyl (C=O) groups excluding carboxylic acids is 1. The van der Waals surface area contributed by atoms with Crippen LogP contribution in [0.3, 0.4) is 0 Å².